The molecule has 4 aromatic heterocycles. The van der Waals surface area contributed by atoms with E-state index in [9.17, 15) is 0 Å². The fraction of sp³-hybridized carbons (Fsp3) is 0.0500. The summed E-state index contributed by atoms with van der Waals surface area (Å²) < 4.78 is 10.6. The van der Waals surface area contributed by atoms with Crippen LogP contribution in [-0.2, 0) is 6.54 Å². The van der Waals surface area contributed by atoms with Crippen LogP contribution in [0.2, 0.25) is 0 Å². The van der Waals surface area contributed by atoms with E-state index in [1.54, 1.807) is 6.20 Å². The molecular formula is C20H13N4O+. The van der Waals surface area contributed by atoms with Gasteiger partial charge in [-0.1, -0.05) is 18.2 Å². The lowest BCUT2D eigenvalue weighted by Gasteiger charge is -1.99. The molecular weight excluding hydrogens is 312 g/mol. The molecule has 1 aliphatic rings. The molecule has 6 rings (SSSR count). The van der Waals surface area contributed by atoms with E-state index in [0.717, 1.165) is 40.2 Å². The largest absolute Gasteiger partial charge is 0.400 e. The lowest BCUT2D eigenvalue weighted by atomic mass is 10.2. The number of benzene rings is 1. The van der Waals surface area contributed by atoms with Gasteiger partial charge in [-0.05, 0) is 30.3 Å². The zero-order valence-corrected chi connectivity index (χ0v) is 13.3. The second-order valence-electron chi connectivity index (χ2n) is 6.23. The van der Waals surface area contributed by atoms with Gasteiger partial charge in [0.25, 0.3) is 5.82 Å². The van der Waals surface area contributed by atoms with Crippen molar-refractivity contribution in [1.29, 1.82) is 0 Å². The van der Waals surface area contributed by atoms with E-state index in [0.29, 0.717) is 5.71 Å². The Morgan fingerprint density at radius 2 is 1.92 bits per heavy atom. The number of hydrogen-bond donors (Lipinski definition) is 0. The zero-order valence-electron chi connectivity index (χ0n) is 13.3. The predicted molar refractivity (Wildman–Crippen MR) is 93.4 cm³/mol. The van der Waals surface area contributed by atoms with Gasteiger partial charge in [-0.3, -0.25) is 4.98 Å². The van der Waals surface area contributed by atoms with Crippen molar-refractivity contribution < 1.29 is 8.98 Å². The fourth-order valence-corrected chi connectivity index (χ4v) is 3.81. The molecule has 0 aliphatic carbocycles. The van der Waals surface area contributed by atoms with Crippen LogP contribution >= 0.6 is 0 Å². The Balaban J connectivity index is 1.83. The number of pyridine rings is 2. The highest BCUT2D eigenvalue weighted by Gasteiger charge is 2.38. The molecule has 1 aromatic carbocycles. The van der Waals surface area contributed by atoms with Crippen LogP contribution in [0, 0.1) is 0 Å². The van der Waals surface area contributed by atoms with Gasteiger partial charge in [0.15, 0.2) is 0 Å². The molecule has 1 aliphatic heterocycles. The Hall–Kier alpha value is -3.47. The third-order valence-corrected chi connectivity index (χ3v) is 4.86. The maximum atomic E-state index is 6.16. The SMILES string of the molecule is c1ccc(-n2c3[n+](c4c5cccnc5oc42)Cc2ccncc2-3)cc1. The maximum absolute atomic E-state index is 6.16. The Labute approximate surface area is 142 Å². The number of aromatic nitrogens is 4. The molecule has 0 amide bonds. The van der Waals surface area contributed by atoms with Gasteiger partial charge in [-0.15, -0.1) is 0 Å². The number of rotatable bonds is 1. The van der Waals surface area contributed by atoms with Crippen molar-refractivity contribution in [3.63, 3.8) is 0 Å². The number of nitrogens with zero attached hydrogens (tertiary/aromatic N) is 4. The van der Waals surface area contributed by atoms with Gasteiger partial charge in [0.05, 0.1) is 10.9 Å². The first-order valence-electron chi connectivity index (χ1n) is 8.22. The average Bonchev–Trinajstić information content (AvgIpc) is 3.29. The molecule has 25 heavy (non-hydrogen) atoms. The van der Waals surface area contributed by atoms with Crippen LogP contribution in [0.4, 0.5) is 0 Å². The molecule has 0 saturated carbocycles. The monoisotopic (exact) mass is 325 g/mol. The van der Waals surface area contributed by atoms with E-state index in [-0.39, 0.29) is 0 Å². The van der Waals surface area contributed by atoms with Crippen molar-refractivity contribution in [3.8, 4) is 17.1 Å². The second-order valence-corrected chi connectivity index (χ2v) is 6.23. The molecule has 0 saturated heterocycles. The summed E-state index contributed by atoms with van der Waals surface area (Å²) in [6.45, 7) is 0.813. The molecule has 5 heterocycles. The minimum Gasteiger partial charge on any atom is -0.400 e. The predicted octanol–water partition coefficient (Wildman–Crippen LogP) is 3.48. The van der Waals surface area contributed by atoms with Crippen molar-refractivity contribution in [2.45, 2.75) is 6.54 Å². The fourth-order valence-electron chi connectivity index (χ4n) is 3.81. The van der Waals surface area contributed by atoms with E-state index in [2.05, 4.69) is 43.4 Å². The van der Waals surface area contributed by atoms with E-state index >= 15 is 0 Å². The summed E-state index contributed by atoms with van der Waals surface area (Å²) >= 11 is 0. The van der Waals surface area contributed by atoms with Crippen LogP contribution in [-0.4, -0.2) is 14.5 Å². The maximum Gasteiger partial charge on any atom is 0.346 e. The standard InChI is InChI=1S/C20H13N4O/c1-2-5-14(6-3-1)24-19-16-11-21-10-8-13(16)12-23(19)17-15-7-4-9-22-18(15)25-20(17)24/h1-11H,12H2/q+1. The Kier molecular flexibility index (Phi) is 2.34. The molecule has 0 atom stereocenters. The van der Waals surface area contributed by atoms with E-state index in [1.165, 1.54) is 5.56 Å². The van der Waals surface area contributed by atoms with Gasteiger partial charge in [-0.2, -0.15) is 4.57 Å². The normalized spacial score (nSPS) is 12.6. The lowest BCUT2D eigenvalue weighted by Crippen LogP contribution is -2.31. The molecule has 0 spiro atoms. The summed E-state index contributed by atoms with van der Waals surface area (Å²) in [7, 11) is 0. The van der Waals surface area contributed by atoms with Crippen molar-refractivity contribution in [1.82, 2.24) is 14.5 Å². The second kappa shape index (κ2) is 4.54. The third kappa shape index (κ3) is 1.59. The first-order valence-corrected chi connectivity index (χ1v) is 8.22. The Bertz CT molecular complexity index is 1270. The molecule has 0 N–H and O–H groups in total. The van der Waals surface area contributed by atoms with E-state index < -0.39 is 0 Å². The van der Waals surface area contributed by atoms with E-state index in [4.69, 9.17) is 4.42 Å². The van der Waals surface area contributed by atoms with Gasteiger partial charge in [0.2, 0.25) is 11.2 Å². The van der Waals surface area contributed by atoms with Crippen LogP contribution in [0.15, 0.2) is 71.5 Å². The molecule has 5 heteroatoms. The van der Waals surface area contributed by atoms with Gasteiger partial charge < -0.3 is 4.42 Å². The molecule has 0 fully saturated rings. The average molecular weight is 325 g/mol. The number of imidazole rings is 1. The highest BCUT2D eigenvalue weighted by molar-refractivity contribution is 5.99. The van der Waals surface area contributed by atoms with Crippen LogP contribution in [0.25, 0.3) is 39.4 Å². The van der Waals surface area contributed by atoms with Gasteiger partial charge in [0, 0.05) is 24.2 Å². The summed E-state index contributed by atoms with van der Waals surface area (Å²) in [4.78, 5) is 8.73. The van der Waals surface area contributed by atoms with Gasteiger partial charge >= 0.3 is 5.71 Å². The highest BCUT2D eigenvalue weighted by atomic mass is 16.4. The van der Waals surface area contributed by atoms with Crippen molar-refractivity contribution >= 4 is 22.3 Å². The van der Waals surface area contributed by atoms with Crippen LogP contribution in [0.1, 0.15) is 5.56 Å². The van der Waals surface area contributed by atoms with Gasteiger partial charge in [-0.25, -0.2) is 9.55 Å². The molecule has 0 unspecified atom stereocenters. The smallest absolute Gasteiger partial charge is 0.346 e. The van der Waals surface area contributed by atoms with Crippen LogP contribution < -0.4 is 4.57 Å². The van der Waals surface area contributed by atoms with Crippen LogP contribution in [0.5, 0.6) is 0 Å². The summed E-state index contributed by atoms with van der Waals surface area (Å²) in [5, 5.41) is 1.04. The van der Waals surface area contributed by atoms with E-state index in [1.807, 2.05) is 36.7 Å². The molecule has 5 nitrogen and oxygen atoms in total. The first-order chi connectivity index (χ1) is 12.4. The van der Waals surface area contributed by atoms with Crippen LogP contribution in [0.3, 0.4) is 0 Å². The quantitative estimate of drug-likeness (QED) is 0.435. The number of hydrogen-bond acceptors (Lipinski definition) is 3. The summed E-state index contributed by atoms with van der Waals surface area (Å²) in [6, 6.07) is 16.4. The number of fused-ring (bicyclic) bond motifs is 7. The Morgan fingerprint density at radius 1 is 1.00 bits per heavy atom. The summed E-state index contributed by atoms with van der Waals surface area (Å²) in [5.41, 5.74) is 6.06. The molecule has 118 valence electrons. The molecule has 0 radical (unpaired) electrons. The third-order valence-electron chi connectivity index (χ3n) is 4.86. The van der Waals surface area contributed by atoms with Gasteiger partial charge in [0.1, 0.15) is 12.2 Å². The minimum atomic E-state index is 0.668. The summed E-state index contributed by atoms with van der Waals surface area (Å²) in [5.74, 6) is 1.11. The van der Waals surface area contributed by atoms with Crippen molar-refractivity contribution in [3.05, 3.63) is 72.7 Å². The number of furan rings is 1. The minimum absolute atomic E-state index is 0.668. The first kappa shape index (κ1) is 12.9. The van der Waals surface area contributed by atoms with Crippen molar-refractivity contribution in [2.24, 2.45) is 0 Å². The lowest BCUT2D eigenvalue weighted by molar-refractivity contribution is -0.645. The highest BCUT2D eigenvalue weighted by Crippen LogP contribution is 2.36. The molecule has 0 bridgehead atoms. The number of para-hydroxylation sites is 1. The van der Waals surface area contributed by atoms with Crippen molar-refractivity contribution in [2.75, 3.05) is 0 Å². The summed E-state index contributed by atoms with van der Waals surface area (Å²) in [6.07, 6.45) is 5.55. The molecule has 5 aromatic rings. The zero-order chi connectivity index (χ0) is 16.4. The topological polar surface area (TPSA) is 47.7 Å². The Morgan fingerprint density at radius 3 is 2.84 bits per heavy atom.